The number of carbonyl (C=O) groups excluding carboxylic acids is 2. The molecule has 0 radical (unpaired) electrons. The second kappa shape index (κ2) is 12.8. The SMILES string of the molecule is Cc1ccc(S(=O)(=O)N(CC(=O)N(Cc2ccc(F)cc2)[C@H](C)C(=O)NC2CCCC2)c2cccc(Cl)c2)cc1. The summed E-state index contributed by atoms with van der Waals surface area (Å²) in [7, 11) is -4.18. The Morgan fingerprint density at radius 3 is 2.30 bits per heavy atom. The number of amides is 2. The second-order valence-corrected chi connectivity index (χ2v) is 12.4. The molecule has 0 spiro atoms. The van der Waals surface area contributed by atoms with Crippen LogP contribution in [0.5, 0.6) is 0 Å². The minimum Gasteiger partial charge on any atom is -0.352 e. The number of hydrogen-bond acceptors (Lipinski definition) is 4. The smallest absolute Gasteiger partial charge is 0.264 e. The highest BCUT2D eigenvalue weighted by Crippen LogP contribution is 2.27. The van der Waals surface area contributed by atoms with Gasteiger partial charge in [-0.2, -0.15) is 0 Å². The summed E-state index contributed by atoms with van der Waals surface area (Å²) in [6.45, 7) is 2.88. The Hall–Kier alpha value is -3.43. The maximum atomic E-state index is 13.9. The van der Waals surface area contributed by atoms with Gasteiger partial charge < -0.3 is 10.2 Å². The number of nitrogens with zero attached hydrogens (tertiary/aromatic N) is 2. The Morgan fingerprint density at radius 2 is 1.68 bits per heavy atom. The van der Waals surface area contributed by atoms with Crippen LogP contribution in [-0.4, -0.2) is 43.8 Å². The van der Waals surface area contributed by atoms with Gasteiger partial charge in [-0.1, -0.05) is 60.3 Å². The number of rotatable bonds is 10. The third-order valence-electron chi connectivity index (χ3n) is 7.12. The highest BCUT2D eigenvalue weighted by Gasteiger charge is 2.33. The van der Waals surface area contributed by atoms with Gasteiger partial charge in [0, 0.05) is 17.6 Å². The van der Waals surface area contributed by atoms with Crippen LogP contribution in [0.4, 0.5) is 10.1 Å². The molecule has 7 nitrogen and oxygen atoms in total. The van der Waals surface area contributed by atoms with Gasteiger partial charge in [0.1, 0.15) is 18.4 Å². The summed E-state index contributed by atoms with van der Waals surface area (Å²) in [6.07, 6.45) is 3.81. The van der Waals surface area contributed by atoms with Crippen LogP contribution in [0.2, 0.25) is 5.02 Å². The molecule has 1 aliphatic carbocycles. The lowest BCUT2D eigenvalue weighted by atomic mass is 10.1. The number of carbonyl (C=O) groups is 2. The Bertz CT molecular complexity index is 1440. The van der Waals surface area contributed by atoms with Gasteiger partial charge in [-0.25, -0.2) is 12.8 Å². The predicted molar refractivity (Wildman–Crippen MR) is 154 cm³/mol. The van der Waals surface area contributed by atoms with E-state index in [-0.39, 0.29) is 29.1 Å². The van der Waals surface area contributed by atoms with E-state index in [2.05, 4.69) is 5.32 Å². The van der Waals surface area contributed by atoms with Gasteiger partial charge in [-0.05, 0) is 74.7 Å². The molecule has 1 atom stereocenters. The van der Waals surface area contributed by atoms with E-state index in [9.17, 15) is 22.4 Å². The molecule has 0 bridgehead atoms. The van der Waals surface area contributed by atoms with E-state index >= 15 is 0 Å². The van der Waals surface area contributed by atoms with Crippen molar-refractivity contribution in [2.24, 2.45) is 0 Å². The van der Waals surface area contributed by atoms with E-state index in [0.29, 0.717) is 10.6 Å². The average molecular weight is 586 g/mol. The molecule has 1 saturated carbocycles. The van der Waals surface area contributed by atoms with Crippen molar-refractivity contribution < 1.29 is 22.4 Å². The number of aryl methyl sites for hydroxylation is 1. The molecule has 10 heteroatoms. The van der Waals surface area contributed by atoms with E-state index in [1.807, 2.05) is 6.92 Å². The molecule has 3 aromatic rings. The van der Waals surface area contributed by atoms with Gasteiger partial charge in [0.25, 0.3) is 10.0 Å². The Balaban J connectivity index is 1.68. The Kier molecular flexibility index (Phi) is 9.48. The zero-order chi connectivity index (χ0) is 28.9. The molecule has 0 heterocycles. The maximum Gasteiger partial charge on any atom is 0.264 e. The summed E-state index contributed by atoms with van der Waals surface area (Å²) in [6, 6.07) is 17.4. The minimum atomic E-state index is -4.18. The Morgan fingerprint density at radius 1 is 1.02 bits per heavy atom. The lowest BCUT2D eigenvalue weighted by molar-refractivity contribution is -0.139. The molecular formula is C30H33ClFN3O4S. The molecule has 0 unspecified atom stereocenters. The number of benzene rings is 3. The minimum absolute atomic E-state index is 0.00761. The lowest BCUT2D eigenvalue weighted by Crippen LogP contribution is -2.52. The summed E-state index contributed by atoms with van der Waals surface area (Å²) in [5, 5.41) is 3.33. The first-order valence-corrected chi connectivity index (χ1v) is 15.1. The van der Waals surface area contributed by atoms with Crippen molar-refractivity contribution in [2.45, 2.75) is 63.1 Å². The second-order valence-electron chi connectivity index (χ2n) is 10.1. The van der Waals surface area contributed by atoms with E-state index < -0.39 is 34.3 Å². The first-order valence-electron chi connectivity index (χ1n) is 13.2. The fourth-order valence-corrected chi connectivity index (χ4v) is 6.35. The zero-order valence-electron chi connectivity index (χ0n) is 22.5. The average Bonchev–Trinajstić information content (AvgIpc) is 3.44. The number of hydrogen-bond donors (Lipinski definition) is 1. The van der Waals surface area contributed by atoms with Gasteiger partial charge in [-0.3, -0.25) is 13.9 Å². The van der Waals surface area contributed by atoms with Crippen LogP contribution in [0.25, 0.3) is 0 Å². The van der Waals surface area contributed by atoms with Crippen LogP contribution >= 0.6 is 11.6 Å². The monoisotopic (exact) mass is 585 g/mol. The molecule has 3 aromatic carbocycles. The van der Waals surface area contributed by atoms with Gasteiger partial charge >= 0.3 is 0 Å². The number of sulfonamides is 1. The Labute approximate surface area is 240 Å². The van der Waals surface area contributed by atoms with E-state index in [0.717, 1.165) is 35.6 Å². The first kappa shape index (κ1) is 29.6. The summed E-state index contributed by atoms with van der Waals surface area (Å²) in [5.41, 5.74) is 1.70. The normalized spacial score (nSPS) is 14.5. The van der Waals surface area contributed by atoms with Crippen LogP contribution in [0, 0.1) is 12.7 Å². The van der Waals surface area contributed by atoms with Crippen LogP contribution in [0.3, 0.4) is 0 Å². The van der Waals surface area contributed by atoms with Crippen molar-refractivity contribution in [1.82, 2.24) is 10.2 Å². The molecule has 1 aliphatic rings. The highest BCUT2D eigenvalue weighted by atomic mass is 35.5. The molecule has 0 saturated heterocycles. The van der Waals surface area contributed by atoms with E-state index in [4.69, 9.17) is 11.6 Å². The molecule has 40 heavy (non-hydrogen) atoms. The number of halogens is 2. The first-order chi connectivity index (χ1) is 19.0. The predicted octanol–water partition coefficient (Wildman–Crippen LogP) is 5.46. The van der Waals surface area contributed by atoms with Gasteiger partial charge in [0.05, 0.1) is 10.6 Å². The highest BCUT2D eigenvalue weighted by molar-refractivity contribution is 7.92. The van der Waals surface area contributed by atoms with Crippen molar-refractivity contribution in [3.63, 3.8) is 0 Å². The molecule has 212 valence electrons. The van der Waals surface area contributed by atoms with Crippen LogP contribution in [-0.2, 0) is 26.2 Å². The van der Waals surface area contributed by atoms with Crippen LogP contribution in [0.15, 0.2) is 77.7 Å². The summed E-state index contributed by atoms with van der Waals surface area (Å²) < 4.78 is 42.3. The molecule has 4 rings (SSSR count). The third kappa shape index (κ3) is 7.20. The van der Waals surface area contributed by atoms with Crippen molar-refractivity contribution >= 4 is 39.1 Å². The van der Waals surface area contributed by atoms with Crippen molar-refractivity contribution in [3.8, 4) is 0 Å². The lowest BCUT2D eigenvalue weighted by Gasteiger charge is -2.32. The van der Waals surface area contributed by atoms with Gasteiger partial charge in [0.15, 0.2) is 0 Å². The van der Waals surface area contributed by atoms with Crippen molar-refractivity contribution in [1.29, 1.82) is 0 Å². The maximum absolute atomic E-state index is 13.9. The molecule has 1 N–H and O–H groups in total. The van der Waals surface area contributed by atoms with Crippen LogP contribution in [0.1, 0.15) is 43.7 Å². The van der Waals surface area contributed by atoms with Crippen molar-refractivity contribution in [3.05, 3.63) is 94.8 Å². The van der Waals surface area contributed by atoms with E-state index in [1.54, 1.807) is 37.3 Å². The molecule has 1 fully saturated rings. The standard InChI is InChI=1S/C30H33ClFN3O4S/c1-21-10-16-28(17-11-21)40(38,39)35(27-9-5-6-24(31)18-27)20-29(36)34(19-23-12-14-25(32)15-13-23)22(2)30(37)33-26-7-3-4-8-26/h5-6,9-18,22,26H,3-4,7-8,19-20H2,1-2H3,(H,33,37)/t22-/m1/s1. The van der Waals surface area contributed by atoms with E-state index in [1.165, 1.54) is 47.4 Å². The van der Waals surface area contributed by atoms with Gasteiger partial charge in [0.2, 0.25) is 11.8 Å². The molecular weight excluding hydrogens is 553 g/mol. The van der Waals surface area contributed by atoms with Crippen molar-refractivity contribution in [2.75, 3.05) is 10.8 Å². The summed E-state index contributed by atoms with van der Waals surface area (Å²) in [5.74, 6) is -1.34. The third-order valence-corrected chi connectivity index (χ3v) is 9.14. The quantitative estimate of drug-likeness (QED) is 0.342. The topological polar surface area (TPSA) is 86.8 Å². The fraction of sp³-hybridized carbons (Fsp3) is 0.333. The summed E-state index contributed by atoms with van der Waals surface area (Å²) in [4.78, 5) is 28.5. The zero-order valence-corrected chi connectivity index (χ0v) is 24.1. The summed E-state index contributed by atoms with van der Waals surface area (Å²) >= 11 is 6.20. The molecule has 2 amide bonds. The number of nitrogens with one attached hydrogen (secondary N) is 1. The molecule has 0 aliphatic heterocycles. The fourth-order valence-electron chi connectivity index (χ4n) is 4.76. The molecule has 0 aromatic heterocycles. The van der Waals surface area contributed by atoms with Gasteiger partial charge in [-0.15, -0.1) is 0 Å². The van der Waals surface area contributed by atoms with Crippen LogP contribution < -0.4 is 9.62 Å². The number of anilines is 1. The largest absolute Gasteiger partial charge is 0.352 e.